The topological polar surface area (TPSA) is 43.1 Å². The zero-order chi connectivity index (χ0) is 12.5. The van der Waals surface area contributed by atoms with Crippen LogP contribution in [0.25, 0.3) is 0 Å². The first-order valence-electron chi connectivity index (χ1n) is 5.61. The minimum absolute atomic E-state index is 0.186. The molecule has 0 saturated carbocycles. The molecule has 0 bridgehead atoms. The normalized spacial score (nSPS) is 11.6. The van der Waals surface area contributed by atoms with Crippen molar-refractivity contribution in [2.75, 3.05) is 0 Å². The highest BCUT2D eigenvalue weighted by Gasteiger charge is 2.25. The first kappa shape index (κ1) is 12.8. The van der Waals surface area contributed by atoms with Gasteiger partial charge in [-0.25, -0.2) is 0 Å². The van der Waals surface area contributed by atoms with Gasteiger partial charge in [-0.05, 0) is 48.4 Å². The van der Waals surface area contributed by atoms with E-state index in [-0.39, 0.29) is 11.3 Å². The van der Waals surface area contributed by atoms with Crippen molar-refractivity contribution in [2.45, 2.75) is 46.5 Å². The van der Waals surface area contributed by atoms with Gasteiger partial charge in [0, 0.05) is 6.42 Å². The van der Waals surface area contributed by atoms with Crippen LogP contribution in [0.2, 0.25) is 0 Å². The van der Waals surface area contributed by atoms with Crippen LogP contribution < -0.4 is 5.73 Å². The van der Waals surface area contributed by atoms with E-state index < -0.39 is 0 Å². The molecular formula is C14H21NO. The minimum Gasteiger partial charge on any atom is -0.370 e. The fourth-order valence-electron chi connectivity index (χ4n) is 2.22. The summed E-state index contributed by atoms with van der Waals surface area (Å²) in [7, 11) is 0. The van der Waals surface area contributed by atoms with E-state index in [2.05, 4.69) is 46.8 Å². The Labute approximate surface area is 97.9 Å². The molecule has 2 nitrogen and oxygen atoms in total. The lowest BCUT2D eigenvalue weighted by atomic mass is 9.77. The van der Waals surface area contributed by atoms with Crippen molar-refractivity contribution in [2.24, 2.45) is 5.73 Å². The van der Waals surface area contributed by atoms with Crippen LogP contribution in [0.1, 0.15) is 42.5 Å². The molecule has 16 heavy (non-hydrogen) atoms. The molecular weight excluding hydrogens is 198 g/mol. The second-order valence-corrected chi connectivity index (χ2v) is 5.21. The number of benzene rings is 1. The number of nitrogens with two attached hydrogens (primary N) is 1. The zero-order valence-corrected chi connectivity index (χ0v) is 10.8. The number of carbonyl (C=O) groups excluding carboxylic acids is 1. The molecule has 0 aromatic heterocycles. The van der Waals surface area contributed by atoms with E-state index in [0.29, 0.717) is 6.42 Å². The van der Waals surface area contributed by atoms with E-state index >= 15 is 0 Å². The molecule has 0 heterocycles. The molecule has 0 aliphatic carbocycles. The molecule has 1 aromatic carbocycles. The third-order valence-corrected chi connectivity index (χ3v) is 3.40. The SMILES string of the molecule is Cc1ccc(C(C)(C)CC(N)=O)c(C)c1C. The van der Waals surface area contributed by atoms with E-state index in [1.54, 1.807) is 0 Å². The zero-order valence-electron chi connectivity index (χ0n) is 10.8. The number of hydrogen-bond acceptors (Lipinski definition) is 1. The van der Waals surface area contributed by atoms with E-state index in [1.807, 2.05) is 0 Å². The molecule has 0 aliphatic heterocycles. The van der Waals surface area contributed by atoms with Gasteiger partial charge in [0.15, 0.2) is 0 Å². The predicted molar refractivity (Wildman–Crippen MR) is 67.5 cm³/mol. The van der Waals surface area contributed by atoms with Crippen molar-refractivity contribution in [3.63, 3.8) is 0 Å². The average molecular weight is 219 g/mol. The monoisotopic (exact) mass is 219 g/mol. The Morgan fingerprint density at radius 1 is 1.19 bits per heavy atom. The predicted octanol–water partition coefficient (Wildman–Crippen LogP) is 2.76. The summed E-state index contributed by atoms with van der Waals surface area (Å²) in [6.45, 7) is 10.5. The third-order valence-electron chi connectivity index (χ3n) is 3.40. The van der Waals surface area contributed by atoms with Crippen molar-refractivity contribution < 1.29 is 4.79 Å². The number of aryl methyl sites for hydroxylation is 1. The number of carbonyl (C=O) groups is 1. The van der Waals surface area contributed by atoms with Crippen LogP contribution in [0.15, 0.2) is 12.1 Å². The van der Waals surface area contributed by atoms with Gasteiger partial charge in [-0.15, -0.1) is 0 Å². The van der Waals surface area contributed by atoms with Crippen LogP contribution in [-0.4, -0.2) is 5.91 Å². The number of rotatable bonds is 3. The molecule has 0 spiro atoms. The summed E-state index contributed by atoms with van der Waals surface area (Å²) in [5, 5.41) is 0. The Kier molecular flexibility index (Phi) is 3.41. The highest BCUT2D eigenvalue weighted by atomic mass is 16.1. The highest BCUT2D eigenvalue weighted by Crippen LogP contribution is 2.31. The number of hydrogen-bond donors (Lipinski definition) is 1. The van der Waals surface area contributed by atoms with Gasteiger partial charge in [0.2, 0.25) is 5.91 Å². The fraction of sp³-hybridized carbons (Fsp3) is 0.500. The molecule has 2 heteroatoms. The van der Waals surface area contributed by atoms with Crippen LogP contribution in [0.4, 0.5) is 0 Å². The molecule has 1 amide bonds. The Morgan fingerprint density at radius 3 is 2.25 bits per heavy atom. The fourth-order valence-corrected chi connectivity index (χ4v) is 2.22. The van der Waals surface area contributed by atoms with Crippen LogP contribution in [0, 0.1) is 20.8 Å². The summed E-state index contributed by atoms with van der Waals surface area (Å²) in [4.78, 5) is 11.1. The van der Waals surface area contributed by atoms with Crippen molar-refractivity contribution in [3.05, 3.63) is 34.4 Å². The van der Waals surface area contributed by atoms with Crippen molar-refractivity contribution in [3.8, 4) is 0 Å². The Morgan fingerprint density at radius 2 is 1.75 bits per heavy atom. The van der Waals surface area contributed by atoms with Crippen molar-refractivity contribution >= 4 is 5.91 Å². The van der Waals surface area contributed by atoms with Crippen molar-refractivity contribution in [1.82, 2.24) is 0 Å². The van der Waals surface area contributed by atoms with Gasteiger partial charge in [-0.3, -0.25) is 4.79 Å². The number of primary amides is 1. The summed E-state index contributed by atoms with van der Waals surface area (Å²) >= 11 is 0. The molecule has 0 fully saturated rings. The summed E-state index contributed by atoms with van der Waals surface area (Å²) in [6.07, 6.45) is 0.385. The van der Waals surface area contributed by atoms with Gasteiger partial charge >= 0.3 is 0 Å². The first-order chi connectivity index (χ1) is 7.25. The van der Waals surface area contributed by atoms with E-state index in [9.17, 15) is 4.79 Å². The Hall–Kier alpha value is -1.31. The van der Waals surface area contributed by atoms with E-state index in [0.717, 1.165) is 0 Å². The molecule has 0 radical (unpaired) electrons. The van der Waals surface area contributed by atoms with Gasteiger partial charge < -0.3 is 5.73 Å². The van der Waals surface area contributed by atoms with Gasteiger partial charge in [-0.2, -0.15) is 0 Å². The van der Waals surface area contributed by atoms with Crippen LogP contribution in [0.5, 0.6) is 0 Å². The lowest BCUT2D eigenvalue weighted by Gasteiger charge is -2.27. The Balaban J connectivity index is 3.23. The van der Waals surface area contributed by atoms with Gasteiger partial charge in [0.25, 0.3) is 0 Å². The second kappa shape index (κ2) is 4.28. The molecule has 1 aromatic rings. The smallest absolute Gasteiger partial charge is 0.218 e. The van der Waals surface area contributed by atoms with Crippen LogP contribution >= 0.6 is 0 Å². The summed E-state index contributed by atoms with van der Waals surface area (Å²) in [5.74, 6) is -0.248. The summed E-state index contributed by atoms with van der Waals surface area (Å²) in [6, 6.07) is 4.22. The molecule has 0 atom stereocenters. The highest BCUT2D eigenvalue weighted by molar-refractivity contribution is 5.75. The quantitative estimate of drug-likeness (QED) is 0.834. The molecule has 1 rings (SSSR count). The Bertz CT molecular complexity index is 419. The summed E-state index contributed by atoms with van der Waals surface area (Å²) in [5.41, 5.74) is 10.2. The maximum Gasteiger partial charge on any atom is 0.218 e. The maximum atomic E-state index is 11.1. The molecule has 88 valence electrons. The first-order valence-corrected chi connectivity index (χ1v) is 5.61. The average Bonchev–Trinajstić information content (AvgIpc) is 2.11. The standard InChI is InChI=1S/C14H21NO/c1-9-6-7-12(11(3)10(9)2)14(4,5)8-13(15)16/h6-7H,8H2,1-5H3,(H2,15,16). The lowest BCUT2D eigenvalue weighted by Crippen LogP contribution is -2.27. The van der Waals surface area contributed by atoms with Crippen LogP contribution in [-0.2, 0) is 10.2 Å². The van der Waals surface area contributed by atoms with Gasteiger partial charge in [0.1, 0.15) is 0 Å². The van der Waals surface area contributed by atoms with E-state index in [1.165, 1.54) is 22.3 Å². The van der Waals surface area contributed by atoms with Crippen molar-refractivity contribution in [1.29, 1.82) is 0 Å². The summed E-state index contributed by atoms with van der Waals surface area (Å²) < 4.78 is 0. The number of amides is 1. The third kappa shape index (κ3) is 2.43. The maximum absolute atomic E-state index is 11.1. The molecule has 2 N–H and O–H groups in total. The van der Waals surface area contributed by atoms with Gasteiger partial charge in [-0.1, -0.05) is 26.0 Å². The second-order valence-electron chi connectivity index (χ2n) is 5.21. The largest absolute Gasteiger partial charge is 0.370 e. The minimum atomic E-state index is -0.248. The lowest BCUT2D eigenvalue weighted by molar-refractivity contribution is -0.119. The van der Waals surface area contributed by atoms with Gasteiger partial charge in [0.05, 0.1) is 0 Å². The molecule has 0 saturated heterocycles. The van der Waals surface area contributed by atoms with E-state index in [4.69, 9.17) is 5.73 Å². The molecule has 0 unspecified atom stereocenters. The molecule has 0 aliphatic rings. The van der Waals surface area contributed by atoms with Crippen LogP contribution in [0.3, 0.4) is 0 Å².